The molecule has 1 saturated carbocycles. The Bertz CT molecular complexity index is 504. The Morgan fingerprint density at radius 1 is 1.19 bits per heavy atom. The molecule has 0 N–H and O–H groups in total. The van der Waals surface area contributed by atoms with Crippen molar-refractivity contribution in [2.75, 3.05) is 6.61 Å². The zero-order chi connectivity index (χ0) is 15.0. The Hall–Kier alpha value is -1.79. The number of ether oxygens (including phenoxy) is 2. The van der Waals surface area contributed by atoms with Crippen LogP contribution in [0.4, 0.5) is 0 Å². The first kappa shape index (κ1) is 15.6. The molecule has 1 aliphatic rings. The molecular weight excluding hydrogens is 264 g/mol. The first-order valence-corrected chi connectivity index (χ1v) is 7.51. The summed E-state index contributed by atoms with van der Waals surface area (Å²) in [4.78, 5) is 11.3. The second-order valence-corrected chi connectivity index (χ2v) is 5.43. The third kappa shape index (κ3) is 5.24. The maximum Gasteiger partial charge on any atom is 0.304 e. The summed E-state index contributed by atoms with van der Waals surface area (Å²) in [6.07, 6.45) is 4.98. The molecule has 0 spiro atoms. The van der Waals surface area contributed by atoms with Crippen molar-refractivity contribution in [2.45, 2.75) is 51.2 Å². The van der Waals surface area contributed by atoms with E-state index in [1.165, 1.54) is 13.3 Å². The van der Waals surface area contributed by atoms with Crippen LogP contribution in [0.5, 0.6) is 0 Å². The Labute approximate surface area is 126 Å². The van der Waals surface area contributed by atoms with E-state index in [-0.39, 0.29) is 5.97 Å². The maximum atomic E-state index is 11.3. The van der Waals surface area contributed by atoms with Crippen molar-refractivity contribution in [3.05, 3.63) is 35.9 Å². The summed E-state index contributed by atoms with van der Waals surface area (Å²) in [6, 6.07) is 10.0. The summed E-state index contributed by atoms with van der Waals surface area (Å²) in [6.45, 7) is 2.36. The van der Waals surface area contributed by atoms with Gasteiger partial charge in [0, 0.05) is 6.92 Å². The summed E-state index contributed by atoms with van der Waals surface area (Å²) in [5, 5.41) is 0. The van der Waals surface area contributed by atoms with E-state index >= 15 is 0 Å². The van der Waals surface area contributed by atoms with Crippen LogP contribution in [-0.2, 0) is 20.9 Å². The number of benzene rings is 1. The minimum atomic E-state index is -0.583. The molecule has 1 fully saturated rings. The van der Waals surface area contributed by atoms with E-state index in [0.717, 1.165) is 31.2 Å². The van der Waals surface area contributed by atoms with Crippen LogP contribution in [0.1, 0.15) is 44.6 Å². The van der Waals surface area contributed by atoms with Gasteiger partial charge in [0.25, 0.3) is 0 Å². The lowest BCUT2D eigenvalue weighted by molar-refractivity contribution is -0.153. The van der Waals surface area contributed by atoms with Gasteiger partial charge in [-0.3, -0.25) is 4.79 Å². The van der Waals surface area contributed by atoms with Crippen LogP contribution in [0.3, 0.4) is 0 Å². The topological polar surface area (TPSA) is 35.5 Å². The normalized spacial score (nSPS) is 16.6. The average Bonchev–Trinajstić information content (AvgIpc) is 2.48. The number of carbonyl (C=O) groups is 1. The van der Waals surface area contributed by atoms with Gasteiger partial charge in [0.2, 0.25) is 0 Å². The monoisotopic (exact) mass is 286 g/mol. The van der Waals surface area contributed by atoms with Gasteiger partial charge in [-0.2, -0.15) is 0 Å². The number of carbonyl (C=O) groups excluding carboxylic acids is 1. The van der Waals surface area contributed by atoms with Gasteiger partial charge in [0.15, 0.2) is 5.60 Å². The smallest absolute Gasteiger partial charge is 0.304 e. The molecule has 0 amide bonds. The molecule has 0 heterocycles. The molecule has 112 valence electrons. The van der Waals surface area contributed by atoms with Crippen LogP contribution >= 0.6 is 0 Å². The van der Waals surface area contributed by atoms with Crippen molar-refractivity contribution >= 4 is 5.97 Å². The summed E-state index contributed by atoms with van der Waals surface area (Å²) >= 11 is 0. The Morgan fingerprint density at radius 2 is 1.90 bits per heavy atom. The lowest BCUT2D eigenvalue weighted by atomic mass is 9.85. The molecule has 21 heavy (non-hydrogen) atoms. The van der Waals surface area contributed by atoms with Crippen molar-refractivity contribution in [1.82, 2.24) is 0 Å². The zero-order valence-corrected chi connectivity index (χ0v) is 12.6. The van der Waals surface area contributed by atoms with E-state index in [4.69, 9.17) is 9.47 Å². The fourth-order valence-electron chi connectivity index (χ4n) is 2.64. The Kier molecular flexibility index (Phi) is 5.83. The summed E-state index contributed by atoms with van der Waals surface area (Å²) < 4.78 is 11.0. The van der Waals surface area contributed by atoms with Crippen LogP contribution in [0.25, 0.3) is 0 Å². The van der Waals surface area contributed by atoms with Crippen molar-refractivity contribution in [3.8, 4) is 11.8 Å². The van der Waals surface area contributed by atoms with E-state index in [1.807, 2.05) is 30.3 Å². The van der Waals surface area contributed by atoms with Crippen LogP contribution < -0.4 is 0 Å². The van der Waals surface area contributed by atoms with E-state index < -0.39 is 5.60 Å². The van der Waals surface area contributed by atoms with E-state index in [0.29, 0.717) is 13.2 Å². The third-order valence-electron chi connectivity index (χ3n) is 3.60. The molecule has 3 heteroatoms. The van der Waals surface area contributed by atoms with Crippen LogP contribution in [0.15, 0.2) is 30.3 Å². The SMILES string of the molecule is CC(=O)OC1(C#CCOCc2ccccc2)CCCCC1. The third-order valence-corrected chi connectivity index (χ3v) is 3.60. The first-order valence-electron chi connectivity index (χ1n) is 7.51. The van der Waals surface area contributed by atoms with Crippen molar-refractivity contribution in [1.29, 1.82) is 0 Å². The highest BCUT2D eigenvalue weighted by molar-refractivity contribution is 5.67. The Balaban J connectivity index is 1.85. The molecule has 0 aliphatic heterocycles. The molecule has 0 unspecified atom stereocenters. The molecule has 1 aliphatic carbocycles. The van der Waals surface area contributed by atoms with Gasteiger partial charge in [-0.1, -0.05) is 48.6 Å². The zero-order valence-electron chi connectivity index (χ0n) is 12.6. The summed E-state index contributed by atoms with van der Waals surface area (Å²) in [5.41, 5.74) is 0.548. The van der Waals surface area contributed by atoms with Gasteiger partial charge in [-0.05, 0) is 31.2 Å². The lowest BCUT2D eigenvalue weighted by Crippen LogP contribution is -2.35. The van der Waals surface area contributed by atoms with E-state index in [1.54, 1.807) is 0 Å². The standard InChI is InChI=1S/C18H22O3/c1-16(19)21-18(11-6-3-7-12-18)13-8-14-20-15-17-9-4-2-5-10-17/h2,4-5,9-10H,3,6-7,11-12,14-15H2,1H3. The molecular formula is C18H22O3. The molecule has 0 atom stereocenters. The van der Waals surface area contributed by atoms with E-state index in [9.17, 15) is 4.79 Å². The first-order chi connectivity index (χ1) is 10.2. The molecule has 0 saturated heterocycles. The Morgan fingerprint density at radius 3 is 2.57 bits per heavy atom. The lowest BCUT2D eigenvalue weighted by Gasteiger charge is -2.31. The van der Waals surface area contributed by atoms with E-state index in [2.05, 4.69) is 11.8 Å². The number of hydrogen-bond acceptors (Lipinski definition) is 3. The van der Waals surface area contributed by atoms with Crippen LogP contribution in [-0.4, -0.2) is 18.2 Å². The van der Waals surface area contributed by atoms with Crippen LogP contribution in [0.2, 0.25) is 0 Å². The van der Waals surface area contributed by atoms with Crippen molar-refractivity contribution in [3.63, 3.8) is 0 Å². The largest absolute Gasteiger partial charge is 0.446 e. The van der Waals surface area contributed by atoms with Gasteiger partial charge >= 0.3 is 5.97 Å². The van der Waals surface area contributed by atoms with Gasteiger partial charge in [-0.15, -0.1) is 0 Å². The average molecular weight is 286 g/mol. The highest BCUT2D eigenvalue weighted by atomic mass is 16.6. The molecule has 0 aromatic heterocycles. The highest BCUT2D eigenvalue weighted by Crippen LogP contribution is 2.31. The predicted molar refractivity (Wildman–Crippen MR) is 81.5 cm³/mol. The minimum Gasteiger partial charge on any atom is -0.446 e. The van der Waals surface area contributed by atoms with Crippen molar-refractivity contribution < 1.29 is 14.3 Å². The number of hydrogen-bond donors (Lipinski definition) is 0. The highest BCUT2D eigenvalue weighted by Gasteiger charge is 2.33. The predicted octanol–water partition coefficient (Wildman–Crippen LogP) is 3.47. The molecule has 2 rings (SSSR count). The van der Waals surface area contributed by atoms with Gasteiger partial charge in [0.05, 0.1) is 6.61 Å². The molecule has 3 nitrogen and oxygen atoms in total. The quantitative estimate of drug-likeness (QED) is 0.483. The second kappa shape index (κ2) is 7.85. The minimum absolute atomic E-state index is 0.253. The van der Waals surface area contributed by atoms with Gasteiger partial charge in [0.1, 0.15) is 6.61 Å². The number of rotatable bonds is 4. The second-order valence-electron chi connectivity index (χ2n) is 5.43. The fraction of sp³-hybridized carbons (Fsp3) is 0.500. The molecule has 1 aromatic carbocycles. The summed E-state index contributed by atoms with van der Waals surface area (Å²) in [7, 11) is 0. The van der Waals surface area contributed by atoms with Crippen LogP contribution in [0, 0.1) is 11.8 Å². The molecule has 0 radical (unpaired) electrons. The van der Waals surface area contributed by atoms with Gasteiger partial charge in [-0.25, -0.2) is 0 Å². The fourth-order valence-corrected chi connectivity index (χ4v) is 2.64. The summed E-state index contributed by atoms with van der Waals surface area (Å²) in [5.74, 6) is 5.90. The van der Waals surface area contributed by atoms with Gasteiger partial charge < -0.3 is 9.47 Å². The number of esters is 1. The molecule has 0 bridgehead atoms. The van der Waals surface area contributed by atoms with Crippen molar-refractivity contribution in [2.24, 2.45) is 0 Å². The maximum absolute atomic E-state index is 11.3. The molecule has 1 aromatic rings.